The van der Waals surface area contributed by atoms with E-state index in [0.29, 0.717) is 12.2 Å². The van der Waals surface area contributed by atoms with Gasteiger partial charge in [0.05, 0.1) is 12.2 Å². The summed E-state index contributed by atoms with van der Waals surface area (Å²) in [4.78, 5) is 11.4. The van der Waals surface area contributed by atoms with Gasteiger partial charge in [0.25, 0.3) is 0 Å². The van der Waals surface area contributed by atoms with E-state index in [0.717, 1.165) is 17.7 Å². The summed E-state index contributed by atoms with van der Waals surface area (Å²) in [6, 6.07) is 10.0. The van der Waals surface area contributed by atoms with Gasteiger partial charge in [0.15, 0.2) is 11.5 Å². The number of hydrogen-bond donors (Lipinski definition) is 0. The molecule has 17 heavy (non-hydrogen) atoms. The van der Waals surface area contributed by atoms with E-state index in [1.54, 1.807) is 4.68 Å². The van der Waals surface area contributed by atoms with Crippen molar-refractivity contribution in [1.82, 2.24) is 15.0 Å². The quantitative estimate of drug-likeness (QED) is 0.754. The first-order valence-electron chi connectivity index (χ1n) is 5.69. The van der Waals surface area contributed by atoms with Crippen LogP contribution in [-0.4, -0.2) is 20.8 Å². The molecular weight excluding hydrogens is 214 g/mol. The minimum absolute atomic E-state index is 0.0267. The van der Waals surface area contributed by atoms with E-state index >= 15 is 0 Å². The summed E-state index contributed by atoms with van der Waals surface area (Å²) in [5.41, 5.74) is 2.55. The number of rotatable bonds is 4. The first-order valence-corrected chi connectivity index (χ1v) is 5.69. The molecule has 1 heterocycles. The number of carbonyl (C=O) groups is 1. The van der Waals surface area contributed by atoms with Crippen LogP contribution in [0.25, 0.3) is 0 Å². The highest BCUT2D eigenvalue weighted by Gasteiger charge is 2.14. The van der Waals surface area contributed by atoms with Crippen LogP contribution in [0.3, 0.4) is 0 Å². The molecule has 0 amide bonds. The van der Waals surface area contributed by atoms with Crippen LogP contribution in [0.2, 0.25) is 0 Å². The molecular formula is C13H15N3O. The average Bonchev–Trinajstić information content (AvgIpc) is 2.73. The van der Waals surface area contributed by atoms with Crippen LogP contribution in [0.1, 0.15) is 35.6 Å². The molecule has 0 unspecified atom stereocenters. The molecule has 0 N–H and O–H groups in total. The maximum Gasteiger partial charge on any atom is 0.181 e. The highest BCUT2D eigenvalue weighted by atomic mass is 16.1. The van der Waals surface area contributed by atoms with Crippen molar-refractivity contribution >= 4 is 5.78 Å². The predicted molar refractivity (Wildman–Crippen MR) is 64.9 cm³/mol. The maximum absolute atomic E-state index is 11.4. The lowest BCUT2D eigenvalue weighted by atomic mass is 10.2. The second-order valence-electron chi connectivity index (χ2n) is 3.94. The van der Waals surface area contributed by atoms with Crippen LogP contribution in [0.5, 0.6) is 0 Å². The van der Waals surface area contributed by atoms with Crippen molar-refractivity contribution in [3.8, 4) is 0 Å². The van der Waals surface area contributed by atoms with Gasteiger partial charge in [-0.3, -0.25) is 4.79 Å². The Labute approximate surface area is 100 Å². The molecule has 0 atom stereocenters. The molecule has 0 fully saturated rings. The minimum atomic E-state index is -0.0267. The Kier molecular flexibility index (Phi) is 3.32. The van der Waals surface area contributed by atoms with Gasteiger partial charge >= 0.3 is 0 Å². The molecule has 0 aliphatic carbocycles. The van der Waals surface area contributed by atoms with E-state index < -0.39 is 0 Å². The van der Waals surface area contributed by atoms with Gasteiger partial charge in [-0.1, -0.05) is 42.5 Å². The van der Waals surface area contributed by atoms with E-state index in [2.05, 4.69) is 10.3 Å². The fourth-order valence-electron chi connectivity index (χ4n) is 1.84. The second kappa shape index (κ2) is 4.91. The Bertz CT molecular complexity index is 517. The van der Waals surface area contributed by atoms with Gasteiger partial charge in [-0.25, -0.2) is 4.68 Å². The average molecular weight is 229 g/mol. The van der Waals surface area contributed by atoms with Crippen LogP contribution in [0.4, 0.5) is 0 Å². The molecule has 0 bridgehead atoms. The van der Waals surface area contributed by atoms with E-state index in [9.17, 15) is 4.79 Å². The summed E-state index contributed by atoms with van der Waals surface area (Å²) in [6.07, 6.45) is 0.759. The summed E-state index contributed by atoms with van der Waals surface area (Å²) in [7, 11) is 0. The Balaban J connectivity index is 2.31. The van der Waals surface area contributed by atoms with Crippen molar-refractivity contribution in [3.63, 3.8) is 0 Å². The van der Waals surface area contributed by atoms with Crippen LogP contribution in [0, 0.1) is 0 Å². The number of aromatic nitrogens is 3. The van der Waals surface area contributed by atoms with E-state index in [1.165, 1.54) is 6.92 Å². The summed E-state index contributed by atoms with van der Waals surface area (Å²) >= 11 is 0. The third-order valence-electron chi connectivity index (χ3n) is 2.68. The molecule has 0 saturated carbocycles. The molecule has 0 aliphatic heterocycles. The Morgan fingerprint density at radius 3 is 2.59 bits per heavy atom. The lowest BCUT2D eigenvalue weighted by molar-refractivity contribution is 0.101. The molecule has 0 spiro atoms. The van der Waals surface area contributed by atoms with Gasteiger partial charge in [0.2, 0.25) is 0 Å². The molecule has 4 heteroatoms. The number of ketones is 1. The number of Topliss-reactive ketones (excluding diaryl/α,β-unsaturated/α-hetero) is 1. The predicted octanol–water partition coefficient (Wildman–Crippen LogP) is 2.09. The Morgan fingerprint density at radius 1 is 1.29 bits per heavy atom. The summed E-state index contributed by atoms with van der Waals surface area (Å²) in [6.45, 7) is 4.19. The first kappa shape index (κ1) is 11.5. The fraction of sp³-hybridized carbons (Fsp3) is 0.308. The topological polar surface area (TPSA) is 47.8 Å². The third-order valence-corrected chi connectivity index (χ3v) is 2.68. The summed E-state index contributed by atoms with van der Waals surface area (Å²) < 4.78 is 1.80. The molecule has 2 rings (SSSR count). The molecule has 88 valence electrons. The van der Waals surface area contributed by atoms with Crippen LogP contribution < -0.4 is 0 Å². The first-order chi connectivity index (χ1) is 8.22. The van der Waals surface area contributed by atoms with E-state index in [1.807, 2.05) is 37.3 Å². The van der Waals surface area contributed by atoms with Crippen molar-refractivity contribution in [1.29, 1.82) is 0 Å². The summed E-state index contributed by atoms with van der Waals surface area (Å²) in [5.74, 6) is -0.0267. The lowest BCUT2D eigenvalue weighted by Crippen LogP contribution is -2.07. The molecule has 0 aliphatic rings. The van der Waals surface area contributed by atoms with Crippen LogP contribution >= 0.6 is 0 Å². The van der Waals surface area contributed by atoms with Crippen LogP contribution in [0.15, 0.2) is 30.3 Å². The third kappa shape index (κ3) is 2.41. The molecule has 0 saturated heterocycles. The van der Waals surface area contributed by atoms with Gasteiger partial charge in [-0.05, 0) is 12.0 Å². The van der Waals surface area contributed by atoms with E-state index in [-0.39, 0.29) is 5.78 Å². The molecule has 4 nitrogen and oxygen atoms in total. The van der Waals surface area contributed by atoms with Gasteiger partial charge in [-0.15, -0.1) is 5.10 Å². The van der Waals surface area contributed by atoms with Crippen molar-refractivity contribution in [2.45, 2.75) is 26.8 Å². The van der Waals surface area contributed by atoms with Crippen molar-refractivity contribution in [3.05, 3.63) is 47.3 Å². The van der Waals surface area contributed by atoms with Crippen LogP contribution in [-0.2, 0) is 13.0 Å². The number of carbonyl (C=O) groups excluding carboxylic acids is 1. The lowest BCUT2D eigenvalue weighted by Gasteiger charge is -2.05. The summed E-state index contributed by atoms with van der Waals surface area (Å²) in [5, 5.41) is 8.00. The minimum Gasteiger partial charge on any atom is -0.293 e. The Morgan fingerprint density at radius 2 is 2.00 bits per heavy atom. The zero-order valence-electron chi connectivity index (χ0n) is 10.1. The monoisotopic (exact) mass is 229 g/mol. The number of nitrogens with zero attached hydrogens (tertiary/aromatic N) is 3. The molecule has 0 radical (unpaired) electrons. The van der Waals surface area contributed by atoms with Gasteiger partial charge in [0.1, 0.15) is 0 Å². The molecule has 1 aromatic carbocycles. The van der Waals surface area contributed by atoms with Crippen molar-refractivity contribution in [2.24, 2.45) is 0 Å². The van der Waals surface area contributed by atoms with Gasteiger partial charge in [-0.2, -0.15) is 0 Å². The normalized spacial score (nSPS) is 10.5. The largest absolute Gasteiger partial charge is 0.293 e. The van der Waals surface area contributed by atoms with Crippen molar-refractivity contribution < 1.29 is 4.79 Å². The SMILES string of the molecule is CCc1c(C(C)=O)nnn1Cc1ccccc1. The van der Waals surface area contributed by atoms with Crippen molar-refractivity contribution in [2.75, 3.05) is 0 Å². The zero-order chi connectivity index (χ0) is 12.3. The van der Waals surface area contributed by atoms with E-state index in [4.69, 9.17) is 0 Å². The smallest absolute Gasteiger partial charge is 0.181 e. The second-order valence-corrected chi connectivity index (χ2v) is 3.94. The standard InChI is InChI=1S/C13H15N3O/c1-3-12-13(10(2)17)14-15-16(12)9-11-7-5-4-6-8-11/h4-8H,3,9H2,1-2H3. The molecule has 2 aromatic rings. The highest BCUT2D eigenvalue weighted by molar-refractivity contribution is 5.93. The maximum atomic E-state index is 11.4. The number of hydrogen-bond acceptors (Lipinski definition) is 3. The van der Waals surface area contributed by atoms with Gasteiger partial charge < -0.3 is 0 Å². The molecule has 1 aromatic heterocycles. The zero-order valence-corrected chi connectivity index (χ0v) is 10.1. The Hall–Kier alpha value is -1.97. The fourth-order valence-corrected chi connectivity index (χ4v) is 1.84. The number of benzene rings is 1. The highest BCUT2D eigenvalue weighted by Crippen LogP contribution is 2.10. The van der Waals surface area contributed by atoms with Gasteiger partial charge in [0, 0.05) is 6.92 Å².